The first-order valence-electron chi connectivity index (χ1n) is 11.2. The molecule has 0 saturated carbocycles. The normalized spacial score (nSPS) is 10.5. The van der Waals surface area contributed by atoms with Crippen molar-refractivity contribution in [2.75, 3.05) is 23.3 Å². The third kappa shape index (κ3) is 9.20. The van der Waals surface area contributed by atoms with E-state index < -0.39 is 0 Å². The van der Waals surface area contributed by atoms with E-state index in [1.54, 1.807) is 17.0 Å². The molecule has 0 atom stereocenters. The number of hydrogen-bond donors (Lipinski definition) is 2. The van der Waals surface area contributed by atoms with E-state index >= 15 is 0 Å². The second-order valence-electron chi connectivity index (χ2n) is 7.79. The van der Waals surface area contributed by atoms with Gasteiger partial charge >= 0.3 is 6.03 Å². The van der Waals surface area contributed by atoms with Gasteiger partial charge in [0, 0.05) is 30.9 Å². The van der Waals surface area contributed by atoms with E-state index in [0.29, 0.717) is 37.3 Å². The van der Waals surface area contributed by atoms with Crippen LogP contribution >= 0.6 is 0 Å². The second-order valence-corrected chi connectivity index (χ2v) is 7.79. The van der Waals surface area contributed by atoms with E-state index in [2.05, 4.69) is 17.6 Å². The highest BCUT2D eigenvalue weighted by molar-refractivity contribution is 6.01. The van der Waals surface area contributed by atoms with Gasteiger partial charge in [0.15, 0.2) is 0 Å². The van der Waals surface area contributed by atoms with Crippen LogP contribution in [-0.4, -0.2) is 25.0 Å². The summed E-state index contributed by atoms with van der Waals surface area (Å²) < 4.78 is 13.3. The van der Waals surface area contributed by atoms with Gasteiger partial charge in [-0.25, -0.2) is 9.18 Å². The minimum Gasteiger partial charge on any atom is -0.356 e. The number of rotatable bonds is 12. The van der Waals surface area contributed by atoms with Crippen molar-refractivity contribution in [3.63, 3.8) is 0 Å². The molecule has 0 unspecified atom stereocenters. The molecule has 2 aromatic carbocycles. The van der Waals surface area contributed by atoms with Gasteiger partial charge in [0.25, 0.3) is 0 Å². The Balaban J connectivity index is 1.86. The van der Waals surface area contributed by atoms with E-state index in [1.807, 2.05) is 31.2 Å². The zero-order valence-electron chi connectivity index (χ0n) is 18.6. The Morgan fingerprint density at radius 1 is 0.903 bits per heavy atom. The van der Waals surface area contributed by atoms with Crippen molar-refractivity contribution in [1.29, 1.82) is 0 Å². The number of carbonyl (C=O) groups excluding carboxylic acids is 2. The molecular formula is C25H34FN3O2. The molecule has 6 heteroatoms. The summed E-state index contributed by atoms with van der Waals surface area (Å²) in [4.78, 5) is 26.4. The highest BCUT2D eigenvalue weighted by atomic mass is 19.1. The number of unbranched alkanes of at least 4 members (excludes halogenated alkanes) is 4. The number of aryl methyl sites for hydroxylation is 1. The van der Waals surface area contributed by atoms with Crippen molar-refractivity contribution in [2.45, 2.75) is 58.8 Å². The third-order valence-corrected chi connectivity index (χ3v) is 5.07. The number of urea groups is 1. The summed E-state index contributed by atoms with van der Waals surface area (Å²) in [5.74, 6) is -0.303. The van der Waals surface area contributed by atoms with Crippen LogP contribution in [0, 0.1) is 12.7 Å². The molecule has 0 aliphatic heterocycles. The molecule has 2 aromatic rings. The highest BCUT2D eigenvalue weighted by Gasteiger charge is 2.16. The van der Waals surface area contributed by atoms with Crippen molar-refractivity contribution in [3.05, 3.63) is 59.9 Å². The molecule has 2 rings (SSSR count). The lowest BCUT2D eigenvalue weighted by Gasteiger charge is -2.23. The van der Waals surface area contributed by atoms with Crippen LogP contribution in [0.25, 0.3) is 0 Å². The van der Waals surface area contributed by atoms with Gasteiger partial charge in [0.1, 0.15) is 5.82 Å². The number of benzene rings is 2. The average Bonchev–Trinajstić information content (AvgIpc) is 2.76. The molecule has 0 fully saturated rings. The Hall–Kier alpha value is -2.89. The van der Waals surface area contributed by atoms with E-state index in [-0.39, 0.29) is 17.8 Å². The minimum atomic E-state index is -0.353. The van der Waals surface area contributed by atoms with Crippen LogP contribution in [0.3, 0.4) is 0 Å². The van der Waals surface area contributed by atoms with Crippen LogP contribution < -0.4 is 15.5 Å². The standard InChI is InChI=1S/C25H34FN3O2/c1-3-4-5-6-7-9-24(30)27-18-8-19-29(23-16-12-21(26)13-17-23)25(31)28-22-14-10-20(2)11-15-22/h10-17H,3-9,18-19H2,1-2H3,(H,27,30)(H,28,31). The SMILES string of the molecule is CCCCCCCC(=O)NCCCN(C(=O)Nc1ccc(C)cc1)c1ccc(F)cc1. The molecule has 0 aliphatic rings. The number of carbonyl (C=O) groups is 2. The van der Waals surface area contributed by atoms with Gasteiger partial charge in [-0.2, -0.15) is 0 Å². The van der Waals surface area contributed by atoms with Gasteiger partial charge in [-0.15, -0.1) is 0 Å². The van der Waals surface area contributed by atoms with Crippen LogP contribution in [0.2, 0.25) is 0 Å². The number of anilines is 2. The molecule has 31 heavy (non-hydrogen) atoms. The Kier molecular flexibility index (Phi) is 10.6. The predicted molar refractivity (Wildman–Crippen MR) is 125 cm³/mol. The molecule has 0 aliphatic carbocycles. The summed E-state index contributed by atoms with van der Waals surface area (Å²) in [7, 11) is 0. The molecule has 168 valence electrons. The number of amides is 3. The summed E-state index contributed by atoms with van der Waals surface area (Å²) >= 11 is 0. The molecule has 0 spiro atoms. The number of halogens is 1. The van der Waals surface area contributed by atoms with Gasteiger partial charge in [0.05, 0.1) is 0 Å². The first-order chi connectivity index (χ1) is 15.0. The Morgan fingerprint density at radius 2 is 1.58 bits per heavy atom. The van der Waals surface area contributed by atoms with Crippen LogP contribution in [0.5, 0.6) is 0 Å². The van der Waals surface area contributed by atoms with Gasteiger partial charge in [-0.3, -0.25) is 9.69 Å². The maximum absolute atomic E-state index is 13.3. The topological polar surface area (TPSA) is 61.4 Å². The predicted octanol–water partition coefficient (Wildman–Crippen LogP) is 6.04. The lowest BCUT2D eigenvalue weighted by molar-refractivity contribution is -0.121. The molecule has 2 N–H and O–H groups in total. The average molecular weight is 428 g/mol. The zero-order valence-corrected chi connectivity index (χ0v) is 18.6. The van der Waals surface area contributed by atoms with Crippen molar-refractivity contribution in [1.82, 2.24) is 5.32 Å². The van der Waals surface area contributed by atoms with Crippen molar-refractivity contribution in [3.8, 4) is 0 Å². The van der Waals surface area contributed by atoms with Crippen LogP contribution in [0.4, 0.5) is 20.6 Å². The molecule has 3 amide bonds. The maximum Gasteiger partial charge on any atom is 0.326 e. The van der Waals surface area contributed by atoms with Gasteiger partial charge in [-0.05, 0) is 56.2 Å². The fourth-order valence-electron chi connectivity index (χ4n) is 3.24. The monoisotopic (exact) mass is 427 g/mol. The minimum absolute atomic E-state index is 0.0499. The molecule has 0 bridgehead atoms. The lowest BCUT2D eigenvalue weighted by Crippen LogP contribution is -2.37. The molecular weight excluding hydrogens is 393 g/mol. The fraction of sp³-hybridized carbons (Fsp3) is 0.440. The lowest BCUT2D eigenvalue weighted by atomic mass is 10.1. The van der Waals surface area contributed by atoms with Crippen molar-refractivity contribution < 1.29 is 14.0 Å². The summed E-state index contributed by atoms with van der Waals surface area (Å²) in [6.07, 6.45) is 6.71. The van der Waals surface area contributed by atoms with Crippen molar-refractivity contribution in [2.24, 2.45) is 0 Å². The smallest absolute Gasteiger partial charge is 0.326 e. The van der Waals surface area contributed by atoms with E-state index in [4.69, 9.17) is 0 Å². The zero-order chi connectivity index (χ0) is 22.5. The third-order valence-electron chi connectivity index (χ3n) is 5.07. The molecule has 0 aromatic heterocycles. The molecule has 5 nitrogen and oxygen atoms in total. The molecule has 0 saturated heterocycles. The van der Waals surface area contributed by atoms with Crippen LogP contribution in [0.1, 0.15) is 57.4 Å². The summed E-state index contributed by atoms with van der Waals surface area (Å²) in [6.45, 7) is 5.04. The number of nitrogens with zero attached hydrogens (tertiary/aromatic N) is 1. The number of hydrogen-bond acceptors (Lipinski definition) is 2. The maximum atomic E-state index is 13.3. The Labute approximate surface area is 185 Å². The molecule has 0 radical (unpaired) electrons. The second kappa shape index (κ2) is 13.4. The summed E-state index contributed by atoms with van der Waals surface area (Å²) in [5, 5.41) is 5.81. The fourth-order valence-corrected chi connectivity index (χ4v) is 3.24. The molecule has 0 heterocycles. The van der Waals surface area contributed by atoms with Gasteiger partial charge in [0.2, 0.25) is 5.91 Å². The van der Waals surface area contributed by atoms with Gasteiger partial charge in [-0.1, -0.05) is 50.3 Å². The van der Waals surface area contributed by atoms with E-state index in [0.717, 1.165) is 18.4 Å². The van der Waals surface area contributed by atoms with Gasteiger partial charge < -0.3 is 10.6 Å². The summed E-state index contributed by atoms with van der Waals surface area (Å²) in [5.41, 5.74) is 2.40. The van der Waals surface area contributed by atoms with Crippen molar-refractivity contribution >= 4 is 23.3 Å². The number of nitrogens with one attached hydrogen (secondary N) is 2. The quantitative estimate of drug-likeness (QED) is 0.406. The summed E-state index contributed by atoms with van der Waals surface area (Å²) in [6, 6.07) is 13.1. The first-order valence-corrected chi connectivity index (χ1v) is 11.2. The largest absolute Gasteiger partial charge is 0.356 e. The van der Waals surface area contributed by atoms with Crippen LogP contribution in [-0.2, 0) is 4.79 Å². The Morgan fingerprint density at radius 3 is 2.26 bits per heavy atom. The van der Waals surface area contributed by atoms with Crippen LogP contribution in [0.15, 0.2) is 48.5 Å². The van der Waals surface area contributed by atoms with E-state index in [9.17, 15) is 14.0 Å². The highest BCUT2D eigenvalue weighted by Crippen LogP contribution is 2.18. The van der Waals surface area contributed by atoms with E-state index in [1.165, 1.54) is 31.4 Å². The first kappa shape index (κ1) is 24.4. The Bertz CT molecular complexity index is 807.